The number of hydrogen-bond donors (Lipinski definition) is 2. The molecule has 2 N–H and O–H groups in total. The maximum Gasteiger partial charge on any atom is 0.319 e. The first kappa shape index (κ1) is 29.5. The number of nitrogens with zero attached hydrogens (tertiary/aromatic N) is 2. The van der Waals surface area contributed by atoms with Gasteiger partial charge in [-0.05, 0) is 32.9 Å². The summed E-state index contributed by atoms with van der Waals surface area (Å²) in [6, 6.07) is 5.66. The van der Waals surface area contributed by atoms with Crippen LogP contribution in [0.15, 0.2) is 24.3 Å². The van der Waals surface area contributed by atoms with Crippen LogP contribution in [-0.2, 0) is 33.8 Å². The maximum absolute atomic E-state index is 12.5. The molecule has 12 nitrogen and oxygen atoms in total. The van der Waals surface area contributed by atoms with Gasteiger partial charge in [0.1, 0.15) is 0 Å². The van der Waals surface area contributed by atoms with Crippen LogP contribution in [0.25, 0.3) is 0 Å². The number of nitro benzene ring substituents is 1. The highest BCUT2D eigenvalue weighted by Gasteiger charge is 2.41. The fourth-order valence-corrected chi connectivity index (χ4v) is 3.90. The molecule has 13 heteroatoms. The lowest BCUT2D eigenvalue weighted by atomic mass is 10.1. The molecule has 0 fully saturated rings. The zero-order valence-corrected chi connectivity index (χ0v) is 20.7. The van der Waals surface area contributed by atoms with Gasteiger partial charge in [0.15, 0.2) is 0 Å². The molecule has 0 amide bonds. The third-order valence-electron chi connectivity index (χ3n) is 4.62. The van der Waals surface area contributed by atoms with E-state index in [4.69, 9.17) is 14.2 Å². The van der Waals surface area contributed by atoms with Crippen LogP contribution in [0.1, 0.15) is 26.3 Å². The molecular weight excluding hydrogens is 467 g/mol. The largest absolute Gasteiger partial charge is 0.465 e. The summed E-state index contributed by atoms with van der Waals surface area (Å²) in [6.07, 6.45) is 0. The summed E-state index contributed by atoms with van der Waals surface area (Å²) >= 11 is 0. The van der Waals surface area contributed by atoms with Crippen molar-refractivity contribution in [1.29, 1.82) is 0 Å². The third-order valence-corrected chi connectivity index (χ3v) is 5.54. The molecule has 0 saturated carbocycles. The zero-order valence-electron chi connectivity index (χ0n) is 19.8. The molecule has 34 heavy (non-hydrogen) atoms. The second kappa shape index (κ2) is 16.2. The number of nitro groups is 1. The van der Waals surface area contributed by atoms with E-state index in [2.05, 4.69) is 10.6 Å². The van der Waals surface area contributed by atoms with Crippen molar-refractivity contribution in [2.45, 2.75) is 26.2 Å². The van der Waals surface area contributed by atoms with Gasteiger partial charge in [0.2, 0.25) is 13.9 Å². The van der Waals surface area contributed by atoms with Crippen molar-refractivity contribution in [3.63, 3.8) is 0 Å². The molecule has 1 rings (SSSR count). The summed E-state index contributed by atoms with van der Waals surface area (Å²) in [4.78, 5) is 35.5. The van der Waals surface area contributed by atoms with Gasteiger partial charge in [-0.3, -0.25) is 29.2 Å². The van der Waals surface area contributed by atoms with Crippen LogP contribution in [-0.4, -0.2) is 80.9 Å². The number of esters is 2. The smallest absolute Gasteiger partial charge is 0.319 e. The maximum atomic E-state index is 12.5. The first-order chi connectivity index (χ1) is 16.3. The Labute approximate surface area is 200 Å². The minimum atomic E-state index is -1.43. The summed E-state index contributed by atoms with van der Waals surface area (Å²) < 4.78 is 28.3. The fraction of sp³-hybridized carbons (Fsp3) is 0.619. The Bertz CT molecular complexity index is 769. The predicted molar refractivity (Wildman–Crippen MR) is 125 cm³/mol. The number of carbonyl (C=O) groups excluding carboxylic acids is 2. The van der Waals surface area contributed by atoms with Crippen LogP contribution in [0.3, 0.4) is 0 Å². The highest BCUT2D eigenvalue weighted by atomic mass is 31.1. The average Bonchev–Trinajstić information content (AvgIpc) is 2.82. The summed E-state index contributed by atoms with van der Waals surface area (Å²) in [5, 5.41) is 17.0. The lowest BCUT2D eigenvalue weighted by Crippen LogP contribution is -2.50. The Morgan fingerprint density at radius 2 is 1.47 bits per heavy atom. The van der Waals surface area contributed by atoms with E-state index < -0.39 is 22.3 Å². The van der Waals surface area contributed by atoms with Gasteiger partial charge < -0.3 is 24.8 Å². The van der Waals surface area contributed by atoms with Gasteiger partial charge in [-0.2, -0.15) is 0 Å². The van der Waals surface area contributed by atoms with Crippen molar-refractivity contribution in [3.05, 3.63) is 39.9 Å². The van der Waals surface area contributed by atoms with E-state index in [1.54, 1.807) is 25.7 Å². The van der Waals surface area contributed by atoms with Crippen molar-refractivity contribution in [3.8, 4) is 0 Å². The number of nitrogens with one attached hydrogen (secondary N) is 2. The lowest BCUT2D eigenvalue weighted by molar-refractivity contribution is -0.384. The van der Waals surface area contributed by atoms with Gasteiger partial charge in [-0.15, -0.1) is 0 Å². The second-order valence-corrected chi connectivity index (χ2v) is 7.68. The molecule has 1 aromatic carbocycles. The van der Waals surface area contributed by atoms with Gasteiger partial charge in [0.25, 0.3) is 5.69 Å². The quantitative estimate of drug-likeness (QED) is 0.0756. The highest BCUT2D eigenvalue weighted by molar-refractivity contribution is 7.25. The van der Waals surface area contributed by atoms with Crippen LogP contribution < -0.4 is 10.6 Å². The fourth-order valence-electron chi connectivity index (χ4n) is 3.14. The standard InChI is InChI=1S/C21H33N4O8P/c1-4-31-19(26)15-22-11-13-24(14-12-23-16-20(27)32-5-2)21(34-30,33-6-3)17-7-9-18(10-8-17)25(28)29/h7-10,22-23H,4-6,11-16H2,1-3H3. The molecule has 0 aromatic heterocycles. The topological polar surface area (TPSA) is 149 Å². The van der Waals surface area contributed by atoms with E-state index >= 15 is 0 Å². The van der Waals surface area contributed by atoms with E-state index in [1.807, 2.05) is 0 Å². The Morgan fingerprint density at radius 1 is 0.971 bits per heavy atom. The van der Waals surface area contributed by atoms with Crippen LogP contribution in [0.2, 0.25) is 0 Å². The molecule has 190 valence electrons. The summed E-state index contributed by atoms with van der Waals surface area (Å²) in [5.74, 6) is -0.780. The van der Waals surface area contributed by atoms with E-state index in [1.165, 1.54) is 24.3 Å². The van der Waals surface area contributed by atoms with Crippen molar-refractivity contribution in [2.24, 2.45) is 0 Å². The van der Waals surface area contributed by atoms with Crippen molar-refractivity contribution < 1.29 is 33.3 Å². The molecule has 0 aliphatic heterocycles. The van der Waals surface area contributed by atoms with Crippen LogP contribution in [0.5, 0.6) is 0 Å². The molecule has 0 heterocycles. The van der Waals surface area contributed by atoms with Crippen LogP contribution in [0.4, 0.5) is 5.69 Å². The van der Waals surface area contributed by atoms with Gasteiger partial charge in [0, 0.05) is 50.5 Å². The SMILES string of the molecule is CCOC(=O)CNCCN(CCNCC(=O)OCC)C(OCC)(P=O)c1ccc([N+](=O)[O-])cc1. The second-order valence-electron chi connectivity index (χ2n) is 6.89. The van der Waals surface area contributed by atoms with Gasteiger partial charge >= 0.3 is 11.9 Å². The minimum absolute atomic E-state index is 0.0110. The molecule has 0 aliphatic carbocycles. The number of carbonyl (C=O) groups is 2. The Morgan fingerprint density at radius 3 is 1.85 bits per heavy atom. The van der Waals surface area contributed by atoms with Crippen molar-refractivity contribution in [1.82, 2.24) is 15.5 Å². The third kappa shape index (κ3) is 9.40. The molecule has 0 spiro atoms. The number of benzene rings is 1. The van der Waals surface area contributed by atoms with Crippen LogP contribution in [0, 0.1) is 10.1 Å². The molecule has 0 saturated heterocycles. The number of ether oxygens (including phenoxy) is 3. The summed E-state index contributed by atoms with van der Waals surface area (Å²) in [5.41, 5.74) is -1.07. The van der Waals surface area contributed by atoms with Gasteiger partial charge in [-0.25, -0.2) is 0 Å². The minimum Gasteiger partial charge on any atom is -0.465 e. The van der Waals surface area contributed by atoms with E-state index in [-0.39, 0.29) is 47.1 Å². The van der Waals surface area contributed by atoms with Crippen molar-refractivity contribution >= 4 is 26.1 Å². The zero-order chi connectivity index (χ0) is 25.4. The molecule has 1 aromatic rings. The summed E-state index contributed by atoms with van der Waals surface area (Å²) in [7, 11) is -0.379. The van der Waals surface area contributed by atoms with Crippen molar-refractivity contribution in [2.75, 3.05) is 59.1 Å². The van der Waals surface area contributed by atoms with E-state index in [0.717, 1.165) is 0 Å². The molecule has 0 aliphatic rings. The molecule has 0 radical (unpaired) electrons. The van der Waals surface area contributed by atoms with Gasteiger partial charge in [-0.1, -0.05) is 0 Å². The van der Waals surface area contributed by atoms with Gasteiger partial charge in [0.05, 0.1) is 31.2 Å². The average molecular weight is 500 g/mol. The predicted octanol–water partition coefficient (Wildman–Crippen LogP) is 1.64. The Hall–Kier alpha value is -2.50. The Balaban J connectivity index is 3.06. The molecule has 1 atom stereocenters. The van der Waals surface area contributed by atoms with E-state index in [9.17, 15) is 24.3 Å². The number of rotatable bonds is 18. The number of non-ortho nitro benzene ring substituents is 1. The molecule has 0 bridgehead atoms. The monoisotopic (exact) mass is 500 g/mol. The summed E-state index contributed by atoms with van der Waals surface area (Å²) in [6.45, 7) is 7.29. The Kier molecular flexibility index (Phi) is 14.1. The van der Waals surface area contributed by atoms with Crippen LogP contribution >= 0.6 is 8.46 Å². The highest BCUT2D eigenvalue weighted by Crippen LogP contribution is 2.40. The molecular formula is C21H33N4O8P. The first-order valence-corrected chi connectivity index (χ1v) is 11.9. The number of hydrogen-bond acceptors (Lipinski definition) is 11. The normalized spacial score (nSPS) is 12.9. The van der Waals surface area contributed by atoms with E-state index in [0.29, 0.717) is 31.7 Å². The lowest BCUT2D eigenvalue weighted by Gasteiger charge is -2.39. The molecule has 1 unspecified atom stereocenters. The first-order valence-electron chi connectivity index (χ1n) is 11.1.